The van der Waals surface area contributed by atoms with Gasteiger partial charge < -0.3 is 25.2 Å². The molecule has 10 heteroatoms. The van der Waals surface area contributed by atoms with Crippen LogP contribution in [0.3, 0.4) is 0 Å². The molecule has 0 aliphatic carbocycles. The Hall–Kier alpha value is -1.71. The summed E-state index contributed by atoms with van der Waals surface area (Å²) in [7, 11) is 2.72. The minimum Gasteiger partial charge on any atom is -0.491 e. The Labute approximate surface area is 240 Å². The van der Waals surface area contributed by atoms with Crippen LogP contribution < -0.4 is 5.73 Å². The first-order chi connectivity index (χ1) is 15.3. The maximum atomic E-state index is 10.8. The SMILES string of the molecule is C.CC.CC.COC(=O)C(N)C(C)(C)C.COC(=O)[CH-]C(C)(C)C.[Y].c1c[nH]cn1.c1c[nH]cn1. The number of carbonyl (C=O) groups is 2. The van der Waals surface area contributed by atoms with Crippen molar-refractivity contribution in [2.24, 2.45) is 16.6 Å². The molecule has 2 rings (SSSR count). The maximum absolute atomic E-state index is 10.8. The number of H-pyrrole nitrogens is 2. The number of rotatable bonds is 2. The van der Waals surface area contributed by atoms with Crippen molar-refractivity contribution >= 4 is 11.9 Å². The molecule has 35 heavy (non-hydrogen) atoms. The Morgan fingerprint density at radius 2 is 1.23 bits per heavy atom. The number of esters is 2. The molecule has 205 valence electrons. The average Bonchev–Trinajstić information content (AvgIpc) is 3.53. The van der Waals surface area contributed by atoms with E-state index in [0.29, 0.717) is 0 Å². The summed E-state index contributed by atoms with van der Waals surface area (Å²) in [4.78, 5) is 34.2. The van der Waals surface area contributed by atoms with E-state index in [4.69, 9.17) is 5.73 Å². The number of aromatic amines is 2. The third-order valence-electron chi connectivity index (χ3n) is 2.95. The van der Waals surface area contributed by atoms with Gasteiger partial charge >= 0.3 is 5.97 Å². The zero-order chi connectivity index (χ0) is 26.9. The van der Waals surface area contributed by atoms with Crippen molar-refractivity contribution < 1.29 is 51.8 Å². The van der Waals surface area contributed by atoms with Crippen molar-refractivity contribution in [3.63, 3.8) is 0 Å². The molecule has 0 aromatic carbocycles. The quantitative estimate of drug-likeness (QED) is 0.320. The van der Waals surface area contributed by atoms with Gasteiger partial charge in [0, 0.05) is 57.5 Å². The Bertz CT molecular complexity index is 563. The number of methoxy groups -OCH3 is 2. The molecule has 0 amide bonds. The van der Waals surface area contributed by atoms with E-state index in [1.165, 1.54) is 14.2 Å². The van der Waals surface area contributed by atoms with Crippen molar-refractivity contribution in [2.75, 3.05) is 14.2 Å². The van der Waals surface area contributed by atoms with Gasteiger partial charge in [-0.15, -0.1) is 5.41 Å². The predicted molar refractivity (Wildman–Crippen MR) is 142 cm³/mol. The average molecular weight is 576 g/mol. The number of aromatic nitrogens is 4. The number of nitrogens with one attached hydrogen (secondary N) is 2. The van der Waals surface area contributed by atoms with Crippen LogP contribution in [0.1, 0.15) is 76.7 Å². The number of nitrogens with two attached hydrogens (primary N) is 1. The van der Waals surface area contributed by atoms with Crippen LogP contribution in [0.5, 0.6) is 0 Å². The standard InChI is InChI=1S/C7H15NO2.C7H13O2.2C3H4N2.2C2H6.CH4.Y/c1-7(2,3)5(8)6(9)10-4;1-7(2,3)5-6(8)9-4;2*1-2-5-3-4-1;2*1-2;;/h5H,8H2,1-4H3;5H,1-4H3;2*1-3H,(H,4,5);2*1-2H3;1H4;/q;-1;;;;;;. The van der Waals surface area contributed by atoms with Crippen LogP contribution >= 0.6 is 0 Å². The molecule has 1 radical (unpaired) electrons. The van der Waals surface area contributed by atoms with Gasteiger partial charge in [0.1, 0.15) is 6.04 Å². The fourth-order valence-corrected chi connectivity index (χ4v) is 1.32. The zero-order valence-electron chi connectivity index (χ0n) is 23.3. The van der Waals surface area contributed by atoms with E-state index in [1.54, 1.807) is 43.9 Å². The van der Waals surface area contributed by atoms with Gasteiger partial charge in [0.2, 0.25) is 0 Å². The topological polar surface area (TPSA) is 136 Å². The minimum absolute atomic E-state index is 0. The second-order valence-electron chi connectivity index (χ2n) is 7.92. The Balaban J connectivity index is -0.0000000770. The second kappa shape index (κ2) is 30.3. The van der Waals surface area contributed by atoms with Gasteiger partial charge in [-0.05, 0) is 5.41 Å². The van der Waals surface area contributed by atoms with Crippen molar-refractivity contribution in [3.8, 4) is 0 Å². The fourth-order valence-electron chi connectivity index (χ4n) is 1.32. The zero-order valence-corrected chi connectivity index (χ0v) is 26.1. The number of ether oxygens (including phenoxy) is 2. The van der Waals surface area contributed by atoms with Gasteiger partial charge in [0.15, 0.2) is 5.97 Å². The summed E-state index contributed by atoms with van der Waals surface area (Å²) in [5.41, 5.74) is 5.24. The predicted octanol–water partition coefficient (Wildman–Crippen LogP) is 5.45. The van der Waals surface area contributed by atoms with Crippen molar-refractivity contribution in [1.29, 1.82) is 0 Å². The minimum atomic E-state index is -0.530. The van der Waals surface area contributed by atoms with Crippen LogP contribution in [0.4, 0.5) is 0 Å². The largest absolute Gasteiger partial charge is 0.491 e. The summed E-state index contributed by atoms with van der Waals surface area (Å²) in [6.07, 6.45) is 11.7. The molecule has 0 aliphatic rings. The number of nitrogens with zero attached hydrogens (tertiary/aromatic N) is 2. The molecule has 1 unspecified atom stereocenters. The molecule has 2 heterocycles. The van der Waals surface area contributed by atoms with E-state index in [0.717, 1.165) is 0 Å². The number of hydrogen-bond acceptors (Lipinski definition) is 7. The van der Waals surface area contributed by atoms with Crippen LogP contribution in [0.2, 0.25) is 0 Å². The first-order valence-corrected chi connectivity index (χ1v) is 11.0. The van der Waals surface area contributed by atoms with Gasteiger partial charge in [-0.2, -0.15) is 0 Å². The molecule has 4 N–H and O–H groups in total. The number of hydrogen-bond donors (Lipinski definition) is 3. The Morgan fingerprint density at radius 1 is 0.857 bits per heavy atom. The summed E-state index contributed by atoms with van der Waals surface area (Å²) in [5.74, 6) is -0.616. The van der Waals surface area contributed by atoms with E-state index in [1.807, 2.05) is 69.2 Å². The van der Waals surface area contributed by atoms with Crippen LogP contribution in [0.15, 0.2) is 37.4 Å². The van der Waals surface area contributed by atoms with Crippen molar-refractivity contribution in [2.45, 2.75) is 82.7 Å². The molecule has 0 spiro atoms. The maximum Gasteiger partial charge on any atom is 0.323 e. The van der Waals surface area contributed by atoms with Crippen molar-refractivity contribution in [1.82, 2.24) is 19.9 Å². The second-order valence-corrected chi connectivity index (χ2v) is 7.92. The van der Waals surface area contributed by atoms with Crippen LogP contribution in [0, 0.1) is 17.3 Å². The molecular weight excluding hydrogens is 523 g/mol. The van der Waals surface area contributed by atoms with E-state index >= 15 is 0 Å². The molecule has 0 bridgehead atoms. The van der Waals surface area contributed by atoms with Gasteiger partial charge in [-0.25, -0.2) is 9.97 Å². The third-order valence-corrected chi connectivity index (χ3v) is 2.95. The summed E-state index contributed by atoms with van der Waals surface area (Å²) < 4.78 is 8.91. The summed E-state index contributed by atoms with van der Waals surface area (Å²) >= 11 is 0. The molecule has 0 saturated carbocycles. The smallest absolute Gasteiger partial charge is 0.323 e. The first kappa shape index (κ1) is 46.6. The van der Waals surface area contributed by atoms with Gasteiger partial charge in [0.25, 0.3) is 0 Å². The molecule has 2 aromatic heterocycles. The first-order valence-electron chi connectivity index (χ1n) is 11.0. The fraction of sp³-hybridized carbons (Fsp3) is 0.640. The Kier molecular flexibility index (Phi) is 40.4. The van der Waals surface area contributed by atoms with E-state index in [9.17, 15) is 9.59 Å². The molecule has 0 saturated heterocycles. The summed E-state index contributed by atoms with van der Waals surface area (Å²) in [6, 6.07) is -0.530. The Morgan fingerprint density at radius 3 is 1.31 bits per heavy atom. The van der Waals surface area contributed by atoms with Gasteiger partial charge in [-0.1, -0.05) is 76.7 Å². The molecule has 2 aromatic rings. The molecule has 1 atom stereocenters. The molecule has 0 aliphatic heterocycles. The summed E-state index contributed by atoms with van der Waals surface area (Å²) in [5, 5.41) is 0. The molecular formula is C25H52N5O4Y-. The third kappa shape index (κ3) is 39.8. The van der Waals surface area contributed by atoms with E-state index < -0.39 is 6.04 Å². The van der Waals surface area contributed by atoms with Crippen molar-refractivity contribution in [3.05, 3.63) is 43.9 Å². The normalized spacial score (nSPS) is 9.51. The van der Waals surface area contributed by atoms with E-state index in [2.05, 4.69) is 29.4 Å². The van der Waals surface area contributed by atoms with Crippen LogP contribution in [0.25, 0.3) is 0 Å². The van der Waals surface area contributed by atoms with Gasteiger partial charge in [-0.3, -0.25) is 16.0 Å². The molecule has 9 nitrogen and oxygen atoms in total. The monoisotopic (exact) mass is 575 g/mol. The number of imidazole rings is 2. The summed E-state index contributed by atoms with van der Waals surface area (Å²) in [6.45, 7) is 19.5. The van der Waals surface area contributed by atoms with Crippen LogP contribution in [-0.4, -0.2) is 52.1 Å². The van der Waals surface area contributed by atoms with Gasteiger partial charge in [0.05, 0.1) is 26.9 Å². The van der Waals surface area contributed by atoms with Crippen LogP contribution in [-0.2, 0) is 51.8 Å². The number of carbonyl (C=O) groups excluding carboxylic acids is 2. The van der Waals surface area contributed by atoms with E-state index in [-0.39, 0.29) is 62.9 Å². The molecule has 0 fully saturated rings.